The third kappa shape index (κ3) is 3.57. The quantitative estimate of drug-likeness (QED) is 0.660. The first kappa shape index (κ1) is 13.6. The molecule has 0 unspecified atom stereocenters. The lowest BCUT2D eigenvalue weighted by Gasteiger charge is -2.07. The molecule has 1 aromatic heterocycles. The molecule has 2 aromatic rings. The van der Waals surface area contributed by atoms with E-state index in [9.17, 15) is 0 Å². The summed E-state index contributed by atoms with van der Waals surface area (Å²) < 4.78 is 10.3. The third-order valence-electron chi connectivity index (χ3n) is 1.95. The summed E-state index contributed by atoms with van der Waals surface area (Å²) in [5.74, 6) is 5.72. The van der Waals surface area contributed by atoms with Gasteiger partial charge in [-0.05, 0) is 18.2 Å². The van der Waals surface area contributed by atoms with Crippen LogP contribution in [0.4, 0.5) is 5.95 Å². The maximum Gasteiger partial charge on any atom is 0.330 e. The highest BCUT2D eigenvalue weighted by atomic mass is 35.5. The van der Waals surface area contributed by atoms with Crippen LogP contribution in [0.2, 0.25) is 10.0 Å². The molecular formula is C10H9Cl2N5O2. The van der Waals surface area contributed by atoms with Crippen LogP contribution in [0.3, 0.4) is 0 Å². The van der Waals surface area contributed by atoms with Crippen LogP contribution in [-0.4, -0.2) is 22.1 Å². The van der Waals surface area contributed by atoms with E-state index in [0.717, 1.165) is 0 Å². The second-order valence-electron chi connectivity index (χ2n) is 3.28. The van der Waals surface area contributed by atoms with E-state index < -0.39 is 0 Å². The molecule has 100 valence electrons. The minimum Gasteiger partial charge on any atom is -0.467 e. The molecule has 0 aliphatic heterocycles. The van der Waals surface area contributed by atoms with E-state index in [1.165, 1.54) is 7.11 Å². The fraction of sp³-hybridized carbons (Fsp3) is 0.100. The number of aromatic nitrogens is 3. The number of ether oxygens (including phenoxy) is 2. The summed E-state index contributed by atoms with van der Waals surface area (Å²) in [6.45, 7) is 0. The van der Waals surface area contributed by atoms with E-state index in [1.807, 2.05) is 0 Å². The summed E-state index contributed by atoms with van der Waals surface area (Å²) >= 11 is 11.7. The normalized spacial score (nSPS) is 10.1. The molecule has 3 N–H and O–H groups in total. The number of anilines is 1. The molecule has 0 fully saturated rings. The number of hydrogen-bond donors (Lipinski definition) is 2. The van der Waals surface area contributed by atoms with E-state index in [1.54, 1.807) is 18.2 Å². The molecule has 9 heteroatoms. The Balaban J connectivity index is 2.31. The van der Waals surface area contributed by atoms with Gasteiger partial charge in [-0.15, -0.1) is 4.98 Å². The van der Waals surface area contributed by atoms with Crippen LogP contribution < -0.4 is 20.7 Å². The van der Waals surface area contributed by atoms with Gasteiger partial charge in [-0.3, -0.25) is 5.43 Å². The van der Waals surface area contributed by atoms with Gasteiger partial charge in [-0.2, -0.15) is 9.97 Å². The second-order valence-corrected chi connectivity index (χ2v) is 4.15. The van der Waals surface area contributed by atoms with Crippen molar-refractivity contribution in [1.29, 1.82) is 0 Å². The zero-order valence-corrected chi connectivity index (χ0v) is 11.2. The van der Waals surface area contributed by atoms with Crippen molar-refractivity contribution in [3.05, 3.63) is 28.2 Å². The molecule has 0 aliphatic rings. The topological polar surface area (TPSA) is 95.2 Å². The summed E-state index contributed by atoms with van der Waals surface area (Å²) in [7, 11) is 1.41. The number of hydrogen-bond acceptors (Lipinski definition) is 7. The van der Waals surface area contributed by atoms with Crippen molar-refractivity contribution in [2.24, 2.45) is 5.84 Å². The molecule has 0 saturated heterocycles. The predicted molar refractivity (Wildman–Crippen MR) is 70.7 cm³/mol. The van der Waals surface area contributed by atoms with Crippen LogP contribution in [0.15, 0.2) is 18.2 Å². The molecule has 19 heavy (non-hydrogen) atoms. The SMILES string of the molecule is COc1nc(NN)nc(Oc2cc(Cl)cc(Cl)c2)n1. The first-order valence-electron chi connectivity index (χ1n) is 5.01. The maximum absolute atomic E-state index is 5.86. The van der Waals surface area contributed by atoms with E-state index in [-0.39, 0.29) is 18.0 Å². The number of benzene rings is 1. The van der Waals surface area contributed by atoms with Crippen molar-refractivity contribution in [1.82, 2.24) is 15.0 Å². The summed E-state index contributed by atoms with van der Waals surface area (Å²) in [5.41, 5.74) is 2.28. The average molecular weight is 302 g/mol. The Morgan fingerprint density at radius 2 is 1.68 bits per heavy atom. The molecule has 0 atom stereocenters. The number of nitrogens with two attached hydrogens (primary N) is 1. The standard InChI is InChI=1S/C10H9Cl2N5O2/c1-18-9-14-8(17-13)15-10(16-9)19-7-3-5(11)2-6(12)4-7/h2-4H,13H2,1H3,(H,14,15,16,17). The Labute approximate surface area is 118 Å². The number of rotatable bonds is 4. The summed E-state index contributed by atoms with van der Waals surface area (Å²) in [5, 5.41) is 0.862. The lowest BCUT2D eigenvalue weighted by Crippen LogP contribution is -2.12. The molecule has 0 aliphatic carbocycles. The van der Waals surface area contributed by atoms with Gasteiger partial charge in [0.2, 0.25) is 5.95 Å². The lowest BCUT2D eigenvalue weighted by atomic mass is 10.3. The van der Waals surface area contributed by atoms with Crippen molar-refractivity contribution in [2.75, 3.05) is 12.5 Å². The molecule has 0 bridgehead atoms. The van der Waals surface area contributed by atoms with Crippen LogP contribution in [0.1, 0.15) is 0 Å². The van der Waals surface area contributed by atoms with Gasteiger partial charge in [0.25, 0.3) is 0 Å². The predicted octanol–water partition coefficient (Wildman–Crippen LogP) is 2.26. The molecule has 0 amide bonds. The average Bonchev–Trinajstić information content (AvgIpc) is 2.37. The van der Waals surface area contributed by atoms with Crippen molar-refractivity contribution >= 4 is 29.2 Å². The highest BCUT2D eigenvalue weighted by molar-refractivity contribution is 6.34. The van der Waals surface area contributed by atoms with Crippen LogP contribution in [0, 0.1) is 0 Å². The van der Waals surface area contributed by atoms with Crippen molar-refractivity contribution in [3.63, 3.8) is 0 Å². The van der Waals surface area contributed by atoms with E-state index in [0.29, 0.717) is 15.8 Å². The number of nitrogens with one attached hydrogen (secondary N) is 1. The Hall–Kier alpha value is -1.83. The minimum absolute atomic E-state index is 0.00173. The van der Waals surface area contributed by atoms with Gasteiger partial charge >= 0.3 is 12.0 Å². The van der Waals surface area contributed by atoms with Gasteiger partial charge in [0.1, 0.15) is 5.75 Å². The fourth-order valence-corrected chi connectivity index (χ4v) is 1.74. The second kappa shape index (κ2) is 5.87. The first-order valence-corrected chi connectivity index (χ1v) is 5.77. The Kier molecular flexibility index (Phi) is 4.20. The smallest absolute Gasteiger partial charge is 0.330 e. The molecule has 0 radical (unpaired) electrons. The van der Waals surface area contributed by atoms with Crippen LogP contribution >= 0.6 is 23.2 Å². The fourth-order valence-electron chi connectivity index (χ4n) is 1.23. The van der Waals surface area contributed by atoms with Crippen LogP contribution in [0.25, 0.3) is 0 Å². The number of hydrazine groups is 1. The molecule has 2 rings (SSSR count). The zero-order valence-electron chi connectivity index (χ0n) is 9.72. The van der Waals surface area contributed by atoms with Gasteiger partial charge in [0.15, 0.2) is 0 Å². The summed E-state index contributed by atoms with van der Waals surface area (Å²) in [4.78, 5) is 11.6. The minimum atomic E-state index is -0.00173. The van der Waals surface area contributed by atoms with Gasteiger partial charge in [0.05, 0.1) is 7.11 Å². The number of methoxy groups -OCH3 is 1. The maximum atomic E-state index is 5.86. The van der Waals surface area contributed by atoms with E-state index in [2.05, 4.69) is 20.4 Å². The molecule has 1 heterocycles. The molecule has 0 spiro atoms. The number of nitrogen functional groups attached to an aromatic ring is 1. The Morgan fingerprint density at radius 1 is 1.05 bits per heavy atom. The molecular weight excluding hydrogens is 293 g/mol. The number of halogens is 2. The van der Waals surface area contributed by atoms with E-state index in [4.69, 9.17) is 38.5 Å². The lowest BCUT2D eigenvalue weighted by molar-refractivity contribution is 0.360. The highest BCUT2D eigenvalue weighted by Crippen LogP contribution is 2.27. The Bertz CT molecular complexity index is 554. The number of nitrogens with zero attached hydrogens (tertiary/aromatic N) is 3. The zero-order chi connectivity index (χ0) is 13.8. The molecule has 1 aromatic carbocycles. The van der Waals surface area contributed by atoms with Crippen LogP contribution in [-0.2, 0) is 0 Å². The largest absolute Gasteiger partial charge is 0.467 e. The molecule has 0 saturated carbocycles. The first-order chi connectivity index (χ1) is 9.10. The monoisotopic (exact) mass is 301 g/mol. The van der Waals surface area contributed by atoms with Crippen molar-refractivity contribution < 1.29 is 9.47 Å². The van der Waals surface area contributed by atoms with Crippen LogP contribution in [0.5, 0.6) is 17.8 Å². The van der Waals surface area contributed by atoms with Gasteiger partial charge in [-0.1, -0.05) is 23.2 Å². The van der Waals surface area contributed by atoms with Crippen molar-refractivity contribution in [2.45, 2.75) is 0 Å². The van der Waals surface area contributed by atoms with Gasteiger partial charge in [0, 0.05) is 10.0 Å². The summed E-state index contributed by atoms with van der Waals surface area (Å²) in [6.07, 6.45) is 0. The van der Waals surface area contributed by atoms with Gasteiger partial charge < -0.3 is 9.47 Å². The summed E-state index contributed by atoms with van der Waals surface area (Å²) in [6, 6.07) is 4.78. The molecule has 7 nitrogen and oxygen atoms in total. The van der Waals surface area contributed by atoms with Crippen molar-refractivity contribution in [3.8, 4) is 17.8 Å². The Morgan fingerprint density at radius 3 is 2.26 bits per heavy atom. The van der Waals surface area contributed by atoms with Gasteiger partial charge in [-0.25, -0.2) is 5.84 Å². The third-order valence-corrected chi connectivity index (χ3v) is 2.39. The van der Waals surface area contributed by atoms with E-state index >= 15 is 0 Å². The highest BCUT2D eigenvalue weighted by Gasteiger charge is 2.09.